The van der Waals surface area contributed by atoms with Crippen molar-refractivity contribution in [3.8, 4) is 29.1 Å². The molecule has 2 N–H and O–H groups in total. The van der Waals surface area contributed by atoms with Crippen LogP contribution < -0.4 is 10.1 Å². The zero-order chi connectivity index (χ0) is 21.3. The van der Waals surface area contributed by atoms with Crippen LogP contribution in [-0.4, -0.2) is 40.3 Å². The highest BCUT2D eigenvalue weighted by atomic mass is 32.2. The van der Waals surface area contributed by atoms with Gasteiger partial charge in [-0.2, -0.15) is 10.5 Å². The molecular weight excluding hydrogens is 400 g/mol. The van der Waals surface area contributed by atoms with E-state index in [1.165, 1.54) is 18.0 Å². The summed E-state index contributed by atoms with van der Waals surface area (Å²) in [5.74, 6) is 1.38. The number of nitrogens with one attached hydrogen (secondary N) is 1. The van der Waals surface area contributed by atoms with Crippen LogP contribution >= 0.6 is 11.8 Å². The first-order valence-corrected chi connectivity index (χ1v) is 9.99. The van der Waals surface area contributed by atoms with Gasteiger partial charge in [-0.1, -0.05) is 17.8 Å². The van der Waals surface area contributed by atoms with Crippen LogP contribution in [0.5, 0.6) is 5.75 Å². The molecule has 0 aliphatic rings. The largest absolute Gasteiger partial charge is 0.490 e. The van der Waals surface area contributed by atoms with Crippen LogP contribution in [0.2, 0.25) is 0 Å². The van der Waals surface area contributed by atoms with Crippen LogP contribution in [0, 0.1) is 22.7 Å². The molecule has 3 aromatic heterocycles. The Morgan fingerprint density at radius 2 is 1.97 bits per heavy atom. The summed E-state index contributed by atoms with van der Waals surface area (Å²) < 4.78 is 5.34. The Kier molecular flexibility index (Phi) is 7.17. The van der Waals surface area contributed by atoms with E-state index in [0.29, 0.717) is 33.6 Å². The van der Waals surface area contributed by atoms with Gasteiger partial charge in [-0.25, -0.2) is 4.98 Å². The van der Waals surface area contributed by atoms with Crippen LogP contribution in [-0.2, 0) is 5.75 Å². The molecule has 9 heteroatoms. The monoisotopic (exact) mass is 418 g/mol. The molecular formula is C21H18N6O2S. The number of aliphatic hydroxyl groups is 1. The summed E-state index contributed by atoms with van der Waals surface area (Å²) in [7, 11) is 1.67. The maximum Gasteiger partial charge on any atom is 0.145 e. The number of pyridine rings is 3. The minimum absolute atomic E-state index is 0.106. The lowest BCUT2D eigenvalue weighted by Gasteiger charge is -2.14. The van der Waals surface area contributed by atoms with E-state index in [2.05, 4.69) is 32.4 Å². The fraction of sp³-hybridized carbons (Fsp3) is 0.190. The molecule has 0 saturated heterocycles. The van der Waals surface area contributed by atoms with Gasteiger partial charge in [0.25, 0.3) is 0 Å². The summed E-state index contributed by atoms with van der Waals surface area (Å²) in [5.41, 5.74) is 2.25. The lowest BCUT2D eigenvalue weighted by molar-refractivity contribution is 0.201. The molecule has 3 aromatic rings. The molecule has 0 saturated carbocycles. The minimum Gasteiger partial charge on any atom is -0.490 e. The first kappa shape index (κ1) is 21.1. The van der Waals surface area contributed by atoms with Crippen LogP contribution in [0.4, 0.5) is 5.82 Å². The summed E-state index contributed by atoms with van der Waals surface area (Å²) in [5, 5.41) is 31.9. The molecule has 3 rings (SSSR count). The van der Waals surface area contributed by atoms with Gasteiger partial charge in [0.15, 0.2) is 0 Å². The number of nitriles is 2. The van der Waals surface area contributed by atoms with Crippen molar-refractivity contribution in [3.05, 3.63) is 59.5 Å². The normalized spacial score (nSPS) is 10.1. The van der Waals surface area contributed by atoms with Crippen molar-refractivity contribution in [2.24, 2.45) is 0 Å². The fourth-order valence-electron chi connectivity index (χ4n) is 2.72. The van der Waals surface area contributed by atoms with Gasteiger partial charge >= 0.3 is 0 Å². The lowest BCUT2D eigenvalue weighted by Crippen LogP contribution is -2.05. The molecule has 0 spiro atoms. The maximum absolute atomic E-state index is 9.88. The highest BCUT2D eigenvalue weighted by molar-refractivity contribution is 7.98. The summed E-state index contributed by atoms with van der Waals surface area (Å²) in [6.07, 6.45) is 3.20. The summed E-state index contributed by atoms with van der Waals surface area (Å²) in [6.45, 7) is 0.0486. The van der Waals surface area contributed by atoms with Gasteiger partial charge in [0, 0.05) is 24.6 Å². The first-order valence-electron chi connectivity index (χ1n) is 9.00. The molecule has 30 heavy (non-hydrogen) atoms. The molecule has 150 valence electrons. The van der Waals surface area contributed by atoms with Crippen molar-refractivity contribution in [1.29, 1.82) is 10.5 Å². The lowest BCUT2D eigenvalue weighted by atomic mass is 10.0. The number of thioether (sulfide) groups is 1. The predicted octanol–water partition coefficient (Wildman–Crippen LogP) is 2.99. The predicted molar refractivity (Wildman–Crippen MR) is 113 cm³/mol. The Labute approximate surface area is 178 Å². The number of rotatable bonds is 8. The number of ether oxygens (including phenoxy) is 1. The number of aliphatic hydroxyl groups excluding tert-OH is 1. The molecule has 0 unspecified atom stereocenters. The van der Waals surface area contributed by atoms with E-state index in [-0.39, 0.29) is 24.3 Å². The molecule has 8 nitrogen and oxygen atoms in total. The molecule has 0 aliphatic carbocycles. The molecule has 0 atom stereocenters. The summed E-state index contributed by atoms with van der Waals surface area (Å²) in [4.78, 5) is 13.2. The molecule has 0 aromatic carbocycles. The third kappa shape index (κ3) is 4.66. The van der Waals surface area contributed by atoms with Crippen molar-refractivity contribution in [3.63, 3.8) is 0 Å². The summed E-state index contributed by atoms with van der Waals surface area (Å²) >= 11 is 1.37. The highest BCUT2D eigenvalue weighted by Crippen LogP contribution is 2.36. The molecule has 3 heterocycles. The Hall–Kier alpha value is -3.66. The Bertz CT molecular complexity index is 1090. The molecule has 0 radical (unpaired) electrons. The van der Waals surface area contributed by atoms with Crippen molar-refractivity contribution in [2.75, 3.05) is 25.6 Å². The number of hydrogen-bond acceptors (Lipinski definition) is 9. The van der Waals surface area contributed by atoms with E-state index >= 15 is 0 Å². The van der Waals surface area contributed by atoms with Gasteiger partial charge in [-0.15, -0.1) is 0 Å². The molecule has 0 bridgehead atoms. The van der Waals surface area contributed by atoms with Gasteiger partial charge in [0.2, 0.25) is 0 Å². The van der Waals surface area contributed by atoms with Crippen LogP contribution in [0.1, 0.15) is 16.8 Å². The third-order valence-corrected chi connectivity index (χ3v) is 5.07. The number of nitrogens with zero attached hydrogens (tertiary/aromatic N) is 5. The summed E-state index contributed by atoms with van der Waals surface area (Å²) in [6, 6.07) is 13.3. The highest BCUT2D eigenvalue weighted by Gasteiger charge is 2.22. The Balaban J connectivity index is 2.06. The van der Waals surface area contributed by atoms with E-state index < -0.39 is 0 Å². The second-order valence-electron chi connectivity index (χ2n) is 5.93. The van der Waals surface area contributed by atoms with Gasteiger partial charge in [-0.3, -0.25) is 9.97 Å². The standard InChI is InChI=1S/C21H18N6O2S/c1-24-20-16(10-22)19(18-6-5-15(12-26-18)29-9-8-28)17(11-23)21(27-20)30-13-14-4-2-3-7-25-14/h2-7,12,28H,8-9,13H2,1H3,(H,24,27). The second-order valence-corrected chi connectivity index (χ2v) is 6.89. The van der Waals surface area contributed by atoms with Crippen molar-refractivity contribution in [1.82, 2.24) is 15.0 Å². The zero-order valence-electron chi connectivity index (χ0n) is 16.2. The van der Waals surface area contributed by atoms with E-state index in [1.807, 2.05) is 18.2 Å². The minimum atomic E-state index is -0.106. The molecule has 0 amide bonds. The van der Waals surface area contributed by atoms with Gasteiger partial charge < -0.3 is 15.2 Å². The van der Waals surface area contributed by atoms with Crippen LogP contribution in [0.25, 0.3) is 11.3 Å². The van der Waals surface area contributed by atoms with E-state index in [9.17, 15) is 10.5 Å². The smallest absolute Gasteiger partial charge is 0.145 e. The topological polar surface area (TPSA) is 128 Å². The fourth-order valence-corrected chi connectivity index (χ4v) is 3.62. The zero-order valence-corrected chi connectivity index (χ0v) is 17.0. The van der Waals surface area contributed by atoms with E-state index in [1.54, 1.807) is 25.4 Å². The van der Waals surface area contributed by atoms with E-state index in [4.69, 9.17) is 9.84 Å². The average Bonchev–Trinajstić information content (AvgIpc) is 2.81. The Morgan fingerprint density at radius 1 is 1.13 bits per heavy atom. The average molecular weight is 418 g/mol. The van der Waals surface area contributed by atoms with Crippen LogP contribution in [0.3, 0.4) is 0 Å². The third-order valence-electron chi connectivity index (χ3n) is 4.06. The van der Waals surface area contributed by atoms with Crippen LogP contribution in [0.15, 0.2) is 47.8 Å². The molecule has 0 fully saturated rings. The van der Waals surface area contributed by atoms with Gasteiger partial charge in [0.05, 0.1) is 29.8 Å². The quantitative estimate of drug-likeness (QED) is 0.530. The van der Waals surface area contributed by atoms with E-state index in [0.717, 1.165) is 5.69 Å². The first-order chi connectivity index (χ1) is 14.7. The van der Waals surface area contributed by atoms with Crippen molar-refractivity contribution >= 4 is 17.6 Å². The van der Waals surface area contributed by atoms with Crippen molar-refractivity contribution in [2.45, 2.75) is 10.8 Å². The van der Waals surface area contributed by atoms with Crippen molar-refractivity contribution < 1.29 is 9.84 Å². The second kappa shape index (κ2) is 10.2. The number of aromatic nitrogens is 3. The molecule has 0 aliphatic heterocycles. The van der Waals surface area contributed by atoms with Gasteiger partial charge in [-0.05, 0) is 24.3 Å². The maximum atomic E-state index is 9.88. The van der Waals surface area contributed by atoms with Gasteiger partial charge in [0.1, 0.15) is 40.9 Å². The number of hydrogen-bond donors (Lipinski definition) is 2. The Morgan fingerprint density at radius 3 is 2.57 bits per heavy atom. The number of anilines is 1. The SMILES string of the molecule is CNc1nc(SCc2ccccn2)c(C#N)c(-c2ccc(OCCO)cn2)c1C#N.